The van der Waals surface area contributed by atoms with Gasteiger partial charge in [-0.15, -0.1) is 0 Å². The normalized spacial score (nSPS) is 14.9. The van der Waals surface area contributed by atoms with E-state index in [-0.39, 0.29) is 32.7 Å². The summed E-state index contributed by atoms with van der Waals surface area (Å²) in [5.74, 6) is 0.478. The molecule has 6 heteroatoms. The van der Waals surface area contributed by atoms with E-state index >= 15 is 0 Å². The molecule has 0 aliphatic carbocycles. The Hall–Kier alpha value is -3.34. The first kappa shape index (κ1) is 19.6. The van der Waals surface area contributed by atoms with Crippen LogP contribution in [-0.2, 0) is 6.42 Å². The van der Waals surface area contributed by atoms with Crippen molar-refractivity contribution >= 4 is 35.7 Å². The van der Waals surface area contributed by atoms with Gasteiger partial charge in [0, 0.05) is 0 Å². The molecule has 4 nitrogen and oxygen atoms in total. The summed E-state index contributed by atoms with van der Waals surface area (Å²) in [6, 6.07) is 25.9. The Morgan fingerprint density at radius 2 is 1.61 bits per heavy atom. The first-order chi connectivity index (χ1) is 15.2. The van der Waals surface area contributed by atoms with Crippen molar-refractivity contribution in [3.63, 3.8) is 0 Å². The van der Waals surface area contributed by atoms with Gasteiger partial charge in [-0.1, -0.05) is 0 Å². The van der Waals surface area contributed by atoms with E-state index in [9.17, 15) is 9.18 Å². The molecule has 1 aromatic heterocycles. The van der Waals surface area contributed by atoms with Crippen molar-refractivity contribution in [2.75, 3.05) is 5.32 Å². The SMILES string of the molecule is O=C1C(Cc2ccccc2)Nc2c([Se]c3ccc(F)cc3)nc(-c3ccccc3)c[n+]21. The molecule has 0 amide bonds. The molecular formula is C25H19FN3OSe+. The van der Waals surface area contributed by atoms with E-state index in [1.165, 1.54) is 12.1 Å². The van der Waals surface area contributed by atoms with Gasteiger partial charge in [0.2, 0.25) is 0 Å². The molecule has 0 fully saturated rings. The Labute approximate surface area is 185 Å². The Bertz CT molecular complexity index is 1230. The van der Waals surface area contributed by atoms with Gasteiger partial charge in [0.1, 0.15) is 0 Å². The summed E-state index contributed by atoms with van der Waals surface area (Å²) in [6.45, 7) is 0. The van der Waals surface area contributed by atoms with E-state index in [1.54, 1.807) is 16.7 Å². The van der Waals surface area contributed by atoms with E-state index in [0.717, 1.165) is 31.7 Å². The number of anilines is 1. The fraction of sp³-hybridized carbons (Fsp3) is 0.0800. The third kappa shape index (κ3) is 4.13. The molecule has 1 N–H and O–H groups in total. The van der Waals surface area contributed by atoms with Crippen LogP contribution in [0.1, 0.15) is 10.4 Å². The average Bonchev–Trinajstić information content (AvgIpc) is 3.12. The number of nitrogens with one attached hydrogen (secondary N) is 1. The fourth-order valence-electron chi connectivity index (χ4n) is 3.60. The van der Waals surface area contributed by atoms with Gasteiger partial charge < -0.3 is 0 Å². The van der Waals surface area contributed by atoms with Crippen LogP contribution in [0.4, 0.5) is 10.2 Å². The number of nitrogens with zero attached hydrogens (tertiary/aromatic N) is 2. The van der Waals surface area contributed by atoms with Crippen molar-refractivity contribution < 1.29 is 13.8 Å². The van der Waals surface area contributed by atoms with Crippen LogP contribution in [0.2, 0.25) is 0 Å². The Morgan fingerprint density at radius 3 is 2.32 bits per heavy atom. The third-order valence-electron chi connectivity index (χ3n) is 5.14. The van der Waals surface area contributed by atoms with E-state index < -0.39 is 0 Å². The minimum absolute atomic E-state index is 0.00888. The molecule has 1 atom stereocenters. The molecule has 4 aromatic rings. The number of aromatic nitrogens is 2. The number of hydrogen-bond donors (Lipinski definition) is 1. The molecule has 0 saturated carbocycles. The molecule has 5 rings (SSSR count). The molecule has 0 spiro atoms. The van der Waals surface area contributed by atoms with E-state index in [1.807, 2.05) is 66.9 Å². The summed E-state index contributed by atoms with van der Waals surface area (Å²) in [7, 11) is 0. The zero-order valence-electron chi connectivity index (χ0n) is 16.5. The number of fused-ring (bicyclic) bond motifs is 1. The molecule has 2 heterocycles. The number of halogens is 1. The fourth-order valence-corrected chi connectivity index (χ4v) is 5.48. The van der Waals surface area contributed by atoms with Gasteiger partial charge >= 0.3 is 186 Å². The van der Waals surface area contributed by atoms with Crippen molar-refractivity contribution in [2.45, 2.75) is 12.5 Å². The molecule has 152 valence electrons. The monoisotopic (exact) mass is 476 g/mol. The van der Waals surface area contributed by atoms with Gasteiger partial charge in [-0.3, -0.25) is 0 Å². The standard InChI is InChI=1S/C25H18FN3OSe/c26-19-11-13-20(14-12-19)31-24-23-27-21(15-17-7-3-1-4-8-17)25(30)29(23)16-22(28-24)18-9-5-2-6-10-18/h1-14,16,21H,15H2/p+1. The quantitative estimate of drug-likeness (QED) is 0.357. The third-order valence-corrected chi connectivity index (χ3v) is 7.21. The second-order valence-electron chi connectivity index (χ2n) is 7.30. The molecular weight excluding hydrogens is 456 g/mol. The summed E-state index contributed by atoms with van der Waals surface area (Å²) < 4.78 is 16.9. The Balaban J connectivity index is 1.54. The zero-order valence-corrected chi connectivity index (χ0v) is 18.2. The molecule has 0 saturated heterocycles. The first-order valence-corrected chi connectivity index (χ1v) is 11.7. The summed E-state index contributed by atoms with van der Waals surface area (Å²) in [6.07, 6.45) is 2.42. The molecule has 0 bridgehead atoms. The van der Waals surface area contributed by atoms with Gasteiger partial charge in [0.15, 0.2) is 0 Å². The van der Waals surface area contributed by atoms with Gasteiger partial charge in [-0.05, 0) is 0 Å². The van der Waals surface area contributed by atoms with Crippen LogP contribution >= 0.6 is 0 Å². The predicted octanol–water partition coefficient (Wildman–Crippen LogP) is 2.51. The van der Waals surface area contributed by atoms with Crippen LogP contribution in [0.3, 0.4) is 0 Å². The van der Waals surface area contributed by atoms with Crippen molar-refractivity contribution in [2.24, 2.45) is 0 Å². The van der Waals surface area contributed by atoms with Crippen molar-refractivity contribution in [3.8, 4) is 11.3 Å². The van der Waals surface area contributed by atoms with Crippen LogP contribution in [0.15, 0.2) is 91.1 Å². The van der Waals surface area contributed by atoms with Crippen molar-refractivity contribution in [1.29, 1.82) is 0 Å². The topological polar surface area (TPSA) is 45.9 Å². The van der Waals surface area contributed by atoms with Gasteiger partial charge in [-0.2, -0.15) is 0 Å². The molecule has 0 radical (unpaired) electrons. The number of hydrogen-bond acceptors (Lipinski definition) is 3. The van der Waals surface area contributed by atoms with E-state index in [4.69, 9.17) is 4.98 Å². The van der Waals surface area contributed by atoms with Crippen LogP contribution in [0.25, 0.3) is 11.3 Å². The predicted molar refractivity (Wildman–Crippen MR) is 119 cm³/mol. The van der Waals surface area contributed by atoms with Crippen LogP contribution in [-0.4, -0.2) is 31.9 Å². The molecule has 1 unspecified atom stereocenters. The Morgan fingerprint density at radius 1 is 0.935 bits per heavy atom. The van der Waals surface area contributed by atoms with Crippen molar-refractivity contribution in [3.05, 3.63) is 103 Å². The second kappa shape index (κ2) is 8.42. The number of rotatable bonds is 5. The molecule has 31 heavy (non-hydrogen) atoms. The van der Waals surface area contributed by atoms with Crippen LogP contribution in [0.5, 0.6) is 0 Å². The molecule has 1 aliphatic rings. The van der Waals surface area contributed by atoms with Crippen molar-refractivity contribution in [1.82, 2.24) is 4.98 Å². The van der Waals surface area contributed by atoms with Crippen LogP contribution < -0.4 is 18.9 Å². The first-order valence-electron chi connectivity index (χ1n) is 9.97. The summed E-state index contributed by atoms with van der Waals surface area (Å²) in [5.41, 5.74) is 2.80. The molecule has 3 aromatic carbocycles. The maximum atomic E-state index is 13.4. The number of benzene rings is 3. The average molecular weight is 475 g/mol. The second-order valence-corrected chi connectivity index (χ2v) is 9.53. The zero-order chi connectivity index (χ0) is 21.2. The number of carbonyl (C=O) groups excluding carboxylic acids is 1. The Kier molecular flexibility index (Phi) is 5.33. The van der Waals surface area contributed by atoms with E-state index in [2.05, 4.69) is 5.32 Å². The molecule has 1 aliphatic heterocycles. The van der Waals surface area contributed by atoms with Gasteiger partial charge in [-0.25, -0.2) is 0 Å². The summed E-state index contributed by atoms with van der Waals surface area (Å²) >= 11 is -0.190. The number of carbonyl (C=O) groups is 1. The van der Waals surface area contributed by atoms with E-state index in [0.29, 0.717) is 6.42 Å². The summed E-state index contributed by atoms with van der Waals surface area (Å²) in [4.78, 5) is 18.2. The maximum absolute atomic E-state index is 13.4. The minimum atomic E-state index is -0.349. The van der Waals surface area contributed by atoms with Gasteiger partial charge in [0.25, 0.3) is 0 Å². The van der Waals surface area contributed by atoms with Crippen LogP contribution in [0, 0.1) is 5.82 Å². The van der Waals surface area contributed by atoms with Gasteiger partial charge in [0.05, 0.1) is 0 Å². The summed E-state index contributed by atoms with van der Waals surface area (Å²) in [5, 5.41) is 3.40.